The topological polar surface area (TPSA) is 58.4 Å². The third-order valence-corrected chi connectivity index (χ3v) is 4.88. The van der Waals surface area contributed by atoms with E-state index in [0.717, 1.165) is 45.1 Å². The Labute approximate surface area is 124 Å². The summed E-state index contributed by atoms with van der Waals surface area (Å²) in [6, 6.07) is 0.734. The Kier molecular flexibility index (Phi) is 7.52. The number of rotatable bonds is 7. The quantitative estimate of drug-likeness (QED) is 0.751. The molecule has 0 aromatic carbocycles. The van der Waals surface area contributed by atoms with Gasteiger partial charge in [0.25, 0.3) is 0 Å². The van der Waals surface area contributed by atoms with Crippen LogP contribution in [0.4, 0.5) is 0 Å². The van der Waals surface area contributed by atoms with Gasteiger partial charge in [-0.3, -0.25) is 4.79 Å². The molecule has 1 rings (SSSR count). The van der Waals surface area contributed by atoms with E-state index in [4.69, 9.17) is 5.73 Å². The highest BCUT2D eigenvalue weighted by molar-refractivity contribution is 5.78. The molecule has 0 aromatic heterocycles. The first-order valence-corrected chi connectivity index (χ1v) is 8.19. The summed E-state index contributed by atoms with van der Waals surface area (Å²) in [7, 11) is 4.21. The molecule has 0 aromatic rings. The van der Waals surface area contributed by atoms with E-state index in [0.29, 0.717) is 18.0 Å². The number of amides is 1. The normalized spacial score (nSPS) is 24.9. The maximum atomic E-state index is 12.3. The summed E-state index contributed by atoms with van der Waals surface area (Å²) in [4.78, 5) is 14.5. The maximum Gasteiger partial charge on any atom is 0.223 e. The van der Waals surface area contributed by atoms with E-state index >= 15 is 0 Å². The van der Waals surface area contributed by atoms with Gasteiger partial charge in [0.1, 0.15) is 0 Å². The Bertz CT molecular complexity index is 281. The summed E-state index contributed by atoms with van der Waals surface area (Å²) < 4.78 is 0. The van der Waals surface area contributed by atoms with Gasteiger partial charge in [-0.25, -0.2) is 0 Å². The molecule has 1 unspecified atom stereocenters. The lowest BCUT2D eigenvalue weighted by Crippen LogP contribution is -2.46. The van der Waals surface area contributed by atoms with Gasteiger partial charge in [0, 0.05) is 24.5 Å². The highest BCUT2D eigenvalue weighted by atomic mass is 16.1. The van der Waals surface area contributed by atoms with Crippen LogP contribution in [-0.2, 0) is 4.79 Å². The van der Waals surface area contributed by atoms with Gasteiger partial charge in [0.15, 0.2) is 0 Å². The summed E-state index contributed by atoms with van der Waals surface area (Å²) in [5.41, 5.74) is 5.90. The van der Waals surface area contributed by atoms with E-state index in [1.807, 2.05) is 0 Å². The van der Waals surface area contributed by atoms with Crippen molar-refractivity contribution in [2.75, 3.05) is 20.6 Å². The number of likely N-dealkylation sites (N-methyl/N-ethyl adjacent to an activating group) is 1. The zero-order valence-electron chi connectivity index (χ0n) is 13.7. The van der Waals surface area contributed by atoms with Crippen LogP contribution in [-0.4, -0.2) is 43.5 Å². The highest BCUT2D eigenvalue weighted by Crippen LogP contribution is 2.23. The number of carbonyl (C=O) groups excluding carboxylic acids is 1. The van der Waals surface area contributed by atoms with Crippen LogP contribution in [0.25, 0.3) is 0 Å². The van der Waals surface area contributed by atoms with Crippen molar-refractivity contribution in [2.24, 2.45) is 17.6 Å². The molecule has 118 valence electrons. The summed E-state index contributed by atoms with van der Waals surface area (Å²) in [5, 5.41) is 3.18. The van der Waals surface area contributed by atoms with Gasteiger partial charge < -0.3 is 16.0 Å². The van der Waals surface area contributed by atoms with E-state index in [2.05, 4.69) is 38.2 Å². The van der Waals surface area contributed by atoms with Crippen molar-refractivity contribution < 1.29 is 4.79 Å². The van der Waals surface area contributed by atoms with Gasteiger partial charge in [0.2, 0.25) is 5.91 Å². The average Bonchev–Trinajstić information content (AvgIpc) is 2.43. The summed E-state index contributed by atoms with van der Waals surface area (Å²) in [6.07, 6.45) is 6.19. The molecule has 1 aliphatic rings. The van der Waals surface area contributed by atoms with E-state index in [1.165, 1.54) is 0 Å². The van der Waals surface area contributed by atoms with Gasteiger partial charge in [0.05, 0.1) is 0 Å². The second-order valence-electron chi connectivity index (χ2n) is 6.46. The molecule has 0 bridgehead atoms. The van der Waals surface area contributed by atoms with Crippen LogP contribution >= 0.6 is 0 Å². The van der Waals surface area contributed by atoms with Crippen LogP contribution < -0.4 is 11.1 Å². The first-order chi connectivity index (χ1) is 9.49. The molecular formula is C16H33N3O. The monoisotopic (exact) mass is 283 g/mol. The number of nitrogens with zero attached hydrogens (tertiary/aromatic N) is 1. The van der Waals surface area contributed by atoms with Gasteiger partial charge in [-0.2, -0.15) is 0 Å². The zero-order chi connectivity index (χ0) is 15.1. The van der Waals surface area contributed by atoms with Crippen LogP contribution in [0.2, 0.25) is 0 Å². The molecule has 0 saturated heterocycles. The molecule has 20 heavy (non-hydrogen) atoms. The van der Waals surface area contributed by atoms with E-state index < -0.39 is 0 Å². The summed E-state index contributed by atoms with van der Waals surface area (Å²) in [6.45, 7) is 5.23. The van der Waals surface area contributed by atoms with Crippen molar-refractivity contribution in [3.63, 3.8) is 0 Å². The molecule has 1 atom stereocenters. The molecule has 3 N–H and O–H groups in total. The van der Waals surface area contributed by atoms with Crippen LogP contribution in [0.1, 0.15) is 52.4 Å². The fraction of sp³-hybridized carbons (Fsp3) is 0.938. The number of hydrogen-bond acceptors (Lipinski definition) is 3. The standard InChI is InChI=1S/C16H33N3O/c1-5-12(6-2)15(19(3)4)11-18-16(20)13-7-9-14(17)10-8-13/h12-15H,5-11,17H2,1-4H3,(H,18,20). The number of nitrogens with one attached hydrogen (secondary N) is 1. The van der Waals surface area contributed by atoms with Crippen molar-refractivity contribution in [1.82, 2.24) is 10.2 Å². The molecule has 0 heterocycles. The predicted molar refractivity (Wildman–Crippen MR) is 84.5 cm³/mol. The van der Waals surface area contributed by atoms with Gasteiger partial charge in [-0.05, 0) is 45.7 Å². The lowest BCUT2D eigenvalue weighted by Gasteiger charge is -2.32. The Hall–Kier alpha value is -0.610. The van der Waals surface area contributed by atoms with Gasteiger partial charge in [-0.1, -0.05) is 26.7 Å². The van der Waals surface area contributed by atoms with E-state index in [9.17, 15) is 4.79 Å². The van der Waals surface area contributed by atoms with Crippen molar-refractivity contribution >= 4 is 5.91 Å². The molecule has 1 aliphatic carbocycles. The fourth-order valence-corrected chi connectivity index (χ4v) is 3.33. The third kappa shape index (κ3) is 5.06. The average molecular weight is 283 g/mol. The Morgan fingerprint density at radius 1 is 1.20 bits per heavy atom. The number of nitrogens with two attached hydrogens (primary N) is 1. The first kappa shape index (κ1) is 17.4. The number of carbonyl (C=O) groups is 1. The second-order valence-corrected chi connectivity index (χ2v) is 6.46. The minimum Gasteiger partial charge on any atom is -0.354 e. The largest absolute Gasteiger partial charge is 0.354 e. The second kappa shape index (κ2) is 8.63. The summed E-state index contributed by atoms with van der Waals surface area (Å²) in [5.74, 6) is 1.05. The Morgan fingerprint density at radius 3 is 2.20 bits per heavy atom. The van der Waals surface area contributed by atoms with Crippen molar-refractivity contribution in [2.45, 2.75) is 64.5 Å². The minimum atomic E-state index is 0.180. The van der Waals surface area contributed by atoms with E-state index in [-0.39, 0.29) is 11.8 Å². The fourth-order valence-electron chi connectivity index (χ4n) is 3.33. The minimum absolute atomic E-state index is 0.180. The molecule has 4 nitrogen and oxygen atoms in total. The number of hydrogen-bond donors (Lipinski definition) is 2. The molecule has 1 amide bonds. The Balaban J connectivity index is 2.44. The van der Waals surface area contributed by atoms with Gasteiger partial charge in [-0.15, -0.1) is 0 Å². The van der Waals surface area contributed by atoms with Crippen molar-refractivity contribution in [1.29, 1.82) is 0 Å². The molecule has 0 radical (unpaired) electrons. The molecular weight excluding hydrogens is 250 g/mol. The molecule has 0 spiro atoms. The van der Waals surface area contributed by atoms with Gasteiger partial charge >= 0.3 is 0 Å². The van der Waals surface area contributed by atoms with Crippen LogP contribution in [0, 0.1) is 11.8 Å². The van der Waals surface area contributed by atoms with Crippen LogP contribution in [0.15, 0.2) is 0 Å². The Morgan fingerprint density at radius 2 is 1.75 bits per heavy atom. The third-order valence-electron chi connectivity index (χ3n) is 4.88. The predicted octanol–water partition coefficient (Wildman–Crippen LogP) is 1.99. The molecule has 4 heteroatoms. The first-order valence-electron chi connectivity index (χ1n) is 8.19. The lowest BCUT2D eigenvalue weighted by molar-refractivity contribution is -0.126. The van der Waals surface area contributed by atoms with Crippen LogP contribution in [0.3, 0.4) is 0 Å². The zero-order valence-corrected chi connectivity index (χ0v) is 13.7. The van der Waals surface area contributed by atoms with Crippen molar-refractivity contribution in [3.8, 4) is 0 Å². The molecule has 1 fully saturated rings. The SMILES string of the molecule is CCC(CC)C(CNC(=O)C1CCC(N)CC1)N(C)C. The molecule has 1 saturated carbocycles. The smallest absolute Gasteiger partial charge is 0.223 e. The molecule has 0 aliphatic heterocycles. The summed E-state index contributed by atoms with van der Waals surface area (Å²) >= 11 is 0. The van der Waals surface area contributed by atoms with E-state index in [1.54, 1.807) is 0 Å². The van der Waals surface area contributed by atoms with Crippen molar-refractivity contribution in [3.05, 3.63) is 0 Å². The maximum absolute atomic E-state index is 12.3. The highest BCUT2D eigenvalue weighted by Gasteiger charge is 2.26. The van der Waals surface area contributed by atoms with Crippen LogP contribution in [0.5, 0.6) is 0 Å². The lowest BCUT2D eigenvalue weighted by atomic mass is 9.85.